The fraction of sp³-hybridized carbons (Fsp3) is 0.355. The van der Waals surface area contributed by atoms with E-state index in [1.54, 1.807) is 24.3 Å². The summed E-state index contributed by atoms with van der Waals surface area (Å²) in [5, 5.41) is 9.98. The molecule has 5 nitrogen and oxygen atoms in total. The van der Waals surface area contributed by atoms with Crippen LogP contribution in [0.15, 0.2) is 60.7 Å². The summed E-state index contributed by atoms with van der Waals surface area (Å²) in [4.78, 5) is 26.3. The van der Waals surface area contributed by atoms with Crippen molar-refractivity contribution in [2.24, 2.45) is 0 Å². The van der Waals surface area contributed by atoms with Crippen LogP contribution in [0.2, 0.25) is 10.0 Å². The van der Waals surface area contributed by atoms with Gasteiger partial charge in [-0.1, -0.05) is 80.4 Å². The highest BCUT2D eigenvalue weighted by Crippen LogP contribution is 2.38. The molecule has 7 heteroatoms. The quantitative estimate of drug-likeness (QED) is 0.316. The maximum atomic E-state index is 13.5. The number of carbonyl (C=O) groups excluding carboxylic acids is 1. The van der Waals surface area contributed by atoms with Crippen LogP contribution in [0.3, 0.4) is 0 Å². The minimum atomic E-state index is -0.978. The van der Waals surface area contributed by atoms with Gasteiger partial charge in [-0.25, -0.2) is 0 Å². The molecule has 200 valence electrons. The first-order chi connectivity index (χ1) is 17.8. The maximum Gasteiger partial charge on any atom is 0.305 e. The smallest absolute Gasteiger partial charge is 0.305 e. The number of ether oxygens (including phenoxy) is 1. The van der Waals surface area contributed by atoms with E-state index in [2.05, 4.69) is 52.0 Å². The molecule has 1 amide bonds. The molecule has 4 rings (SSSR count). The zero-order valence-corrected chi connectivity index (χ0v) is 23.7. The van der Waals surface area contributed by atoms with Gasteiger partial charge >= 0.3 is 5.97 Å². The third-order valence-corrected chi connectivity index (χ3v) is 7.76. The highest BCUT2D eigenvalue weighted by atomic mass is 35.5. The molecule has 0 radical (unpaired) electrons. The number of hydrogen-bond donors (Lipinski definition) is 1. The topological polar surface area (TPSA) is 66.8 Å². The van der Waals surface area contributed by atoms with Gasteiger partial charge in [0.1, 0.15) is 11.4 Å². The van der Waals surface area contributed by atoms with Crippen LogP contribution in [0.1, 0.15) is 66.7 Å². The van der Waals surface area contributed by atoms with Gasteiger partial charge in [-0.3, -0.25) is 9.59 Å². The second-order valence-electron chi connectivity index (χ2n) is 11.3. The van der Waals surface area contributed by atoms with Crippen LogP contribution >= 0.6 is 23.2 Å². The summed E-state index contributed by atoms with van der Waals surface area (Å²) < 4.78 is 6.36. The molecule has 3 aromatic rings. The number of carbonyl (C=O) groups is 2. The second kappa shape index (κ2) is 11.0. The first kappa shape index (κ1) is 28.0. The summed E-state index contributed by atoms with van der Waals surface area (Å²) in [6.45, 7) is 8.89. The van der Waals surface area contributed by atoms with Crippen LogP contribution in [0, 0.1) is 0 Å². The number of aliphatic carboxylic acids is 1. The molecule has 0 spiro atoms. The van der Waals surface area contributed by atoms with Crippen molar-refractivity contribution < 1.29 is 19.4 Å². The van der Waals surface area contributed by atoms with Gasteiger partial charge in [0.05, 0.1) is 16.5 Å². The third-order valence-electron chi connectivity index (χ3n) is 6.90. The molecule has 1 aliphatic heterocycles. The number of benzene rings is 3. The van der Waals surface area contributed by atoms with E-state index in [1.807, 2.05) is 12.1 Å². The van der Waals surface area contributed by atoms with E-state index >= 15 is 0 Å². The fourth-order valence-corrected chi connectivity index (χ4v) is 5.23. The molecule has 0 saturated heterocycles. The van der Waals surface area contributed by atoms with Crippen LogP contribution in [0.25, 0.3) is 0 Å². The monoisotopic (exact) mass is 553 g/mol. The van der Waals surface area contributed by atoms with E-state index in [0.29, 0.717) is 27.6 Å². The lowest BCUT2D eigenvalue weighted by molar-refractivity contribution is -0.137. The average Bonchev–Trinajstić information content (AvgIpc) is 3.18. The number of fused-ring (bicyclic) bond motifs is 1. The second-order valence-corrected chi connectivity index (χ2v) is 12.0. The molecule has 0 saturated carbocycles. The summed E-state index contributed by atoms with van der Waals surface area (Å²) in [6.07, 6.45) is 1.23. The Balaban J connectivity index is 1.52. The highest BCUT2D eigenvalue weighted by Gasteiger charge is 2.35. The number of carboxylic acids is 1. The molecule has 0 fully saturated rings. The molecule has 0 unspecified atom stereocenters. The molecule has 38 heavy (non-hydrogen) atoms. The number of rotatable bonds is 8. The number of amides is 1. The molecule has 0 bridgehead atoms. The summed E-state index contributed by atoms with van der Waals surface area (Å²) in [6, 6.07) is 19.3. The van der Waals surface area contributed by atoms with E-state index in [0.717, 1.165) is 17.7 Å². The van der Waals surface area contributed by atoms with Gasteiger partial charge in [0.15, 0.2) is 0 Å². The Labute approximate surface area is 234 Å². The minimum Gasteiger partial charge on any atom is -0.487 e. The Kier molecular flexibility index (Phi) is 8.10. The molecular weight excluding hydrogens is 521 g/mol. The van der Waals surface area contributed by atoms with Crippen molar-refractivity contribution in [2.75, 3.05) is 6.54 Å². The number of hydrogen-bond acceptors (Lipinski definition) is 3. The van der Waals surface area contributed by atoms with Crippen molar-refractivity contribution in [1.29, 1.82) is 0 Å². The summed E-state index contributed by atoms with van der Waals surface area (Å²) >= 11 is 12.5. The molecular formula is C31H33Cl2NO4. The lowest BCUT2D eigenvalue weighted by Gasteiger charge is -2.25. The van der Waals surface area contributed by atoms with Gasteiger partial charge in [0.2, 0.25) is 0 Å². The van der Waals surface area contributed by atoms with E-state index in [9.17, 15) is 14.7 Å². The molecule has 1 N–H and O–H groups in total. The largest absolute Gasteiger partial charge is 0.487 e. The zero-order chi connectivity index (χ0) is 27.7. The SMILES string of the molecule is CC(C)(C)c1ccc(C[C@@]2(C)Cc3cc(C(=O)N(CCC(=O)O)Cc4cccc(Cl)c4Cl)ccc3O2)cc1. The van der Waals surface area contributed by atoms with Gasteiger partial charge < -0.3 is 14.7 Å². The molecule has 3 aromatic carbocycles. The van der Waals surface area contributed by atoms with Gasteiger partial charge in [-0.15, -0.1) is 0 Å². The Morgan fingerprint density at radius 3 is 2.42 bits per heavy atom. The van der Waals surface area contributed by atoms with Crippen molar-refractivity contribution in [3.63, 3.8) is 0 Å². The lowest BCUT2D eigenvalue weighted by atomic mass is 9.85. The minimum absolute atomic E-state index is 0.0485. The maximum absolute atomic E-state index is 13.5. The van der Waals surface area contributed by atoms with E-state index in [4.69, 9.17) is 27.9 Å². The van der Waals surface area contributed by atoms with Crippen LogP contribution in [-0.4, -0.2) is 34.0 Å². The Bertz CT molecular complexity index is 1350. The predicted molar refractivity (Wildman–Crippen MR) is 151 cm³/mol. The lowest BCUT2D eigenvalue weighted by Crippen LogP contribution is -2.33. The molecule has 1 aliphatic rings. The van der Waals surface area contributed by atoms with Gasteiger partial charge in [0.25, 0.3) is 5.91 Å². The summed E-state index contributed by atoms with van der Waals surface area (Å²) in [5.74, 6) is -0.476. The number of carboxylic acid groups (broad SMARTS) is 1. The van der Waals surface area contributed by atoms with E-state index in [1.165, 1.54) is 16.0 Å². The normalized spacial score (nSPS) is 16.6. The first-order valence-corrected chi connectivity index (χ1v) is 13.5. The van der Waals surface area contributed by atoms with Crippen molar-refractivity contribution in [2.45, 2.75) is 64.5 Å². The summed E-state index contributed by atoms with van der Waals surface area (Å²) in [7, 11) is 0. The average molecular weight is 555 g/mol. The van der Waals surface area contributed by atoms with Gasteiger partial charge in [-0.2, -0.15) is 0 Å². The molecule has 0 aliphatic carbocycles. The van der Waals surface area contributed by atoms with Gasteiger partial charge in [-0.05, 0) is 58.9 Å². The number of halogens is 2. The van der Waals surface area contributed by atoms with Gasteiger partial charge in [0, 0.05) is 31.5 Å². The van der Waals surface area contributed by atoms with E-state index < -0.39 is 11.6 Å². The van der Waals surface area contributed by atoms with Crippen LogP contribution in [0.4, 0.5) is 0 Å². The third kappa shape index (κ3) is 6.51. The van der Waals surface area contributed by atoms with Crippen LogP contribution in [0.5, 0.6) is 5.75 Å². The highest BCUT2D eigenvalue weighted by molar-refractivity contribution is 6.42. The van der Waals surface area contributed by atoms with Crippen molar-refractivity contribution in [1.82, 2.24) is 4.90 Å². The van der Waals surface area contributed by atoms with Crippen LogP contribution < -0.4 is 4.74 Å². The fourth-order valence-electron chi connectivity index (χ4n) is 4.85. The Morgan fingerprint density at radius 1 is 1.05 bits per heavy atom. The molecule has 1 atom stereocenters. The standard InChI is InChI=1S/C31H33Cl2NO4/c1-30(2,3)24-11-8-20(9-12-24)17-31(4)18-23-16-21(10-13-26(23)38-31)29(37)34(15-14-27(35)36)19-22-6-5-7-25(32)28(22)33/h5-13,16H,14-15,17-19H2,1-4H3,(H,35,36)/t31-/m0/s1. The van der Waals surface area contributed by atoms with Crippen molar-refractivity contribution >= 4 is 35.1 Å². The number of nitrogens with zero attached hydrogens (tertiary/aromatic N) is 1. The first-order valence-electron chi connectivity index (χ1n) is 12.7. The predicted octanol–water partition coefficient (Wildman–Crippen LogP) is 7.34. The van der Waals surface area contributed by atoms with Crippen molar-refractivity contribution in [3.8, 4) is 5.75 Å². The zero-order valence-electron chi connectivity index (χ0n) is 22.2. The van der Waals surface area contributed by atoms with Crippen molar-refractivity contribution in [3.05, 3.63) is 98.5 Å². The Morgan fingerprint density at radius 2 is 1.76 bits per heavy atom. The van der Waals surface area contributed by atoms with Crippen LogP contribution in [-0.2, 0) is 29.6 Å². The molecule has 0 aromatic heterocycles. The molecule has 1 heterocycles. The Hall–Kier alpha value is -3.02. The van der Waals surface area contributed by atoms with E-state index in [-0.39, 0.29) is 30.8 Å². The summed E-state index contributed by atoms with van der Waals surface area (Å²) in [5.41, 5.74) is 4.26.